The highest BCUT2D eigenvalue weighted by molar-refractivity contribution is 9.10. The minimum Gasteiger partial charge on any atom is -0.336 e. The monoisotopic (exact) mass is 418 g/mol. The quantitative estimate of drug-likeness (QED) is 0.717. The number of nitrogens with zero attached hydrogens (tertiary/aromatic N) is 4. The zero-order valence-electron chi connectivity index (χ0n) is 13.8. The summed E-state index contributed by atoms with van der Waals surface area (Å²) in [7, 11) is 0. The van der Waals surface area contributed by atoms with Gasteiger partial charge in [0.15, 0.2) is 0 Å². The molecule has 2 aromatic rings. The molecule has 0 spiro atoms. The average molecular weight is 419 g/mol. The summed E-state index contributed by atoms with van der Waals surface area (Å²) >= 11 is 3.28. The Morgan fingerprint density at radius 2 is 1.85 bits per heavy atom. The van der Waals surface area contributed by atoms with Crippen LogP contribution in [-0.4, -0.2) is 57.8 Å². The maximum absolute atomic E-state index is 13.7. The van der Waals surface area contributed by atoms with Crippen LogP contribution in [0.5, 0.6) is 0 Å². The predicted molar refractivity (Wildman–Crippen MR) is 97.6 cm³/mol. The fourth-order valence-corrected chi connectivity index (χ4v) is 2.99. The molecule has 0 atom stereocenters. The van der Waals surface area contributed by atoms with Gasteiger partial charge in [0.1, 0.15) is 11.5 Å². The summed E-state index contributed by atoms with van der Waals surface area (Å²) in [6, 6.07) is 4.55. The van der Waals surface area contributed by atoms with E-state index in [9.17, 15) is 14.0 Å². The van der Waals surface area contributed by atoms with Crippen LogP contribution >= 0.6 is 15.9 Å². The number of amides is 2. The van der Waals surface area contributed by atoms with Gasteiger partial charge in [-0.1, -0.05) is 15.9 Å². The zero-order valence-corrected chi connectivity index (χ0v) is 15.4. The molecule has 6 nitrogen and oxygen atoms in total. The van der Waals surface area contributed by atoms with Gasteiger partial charge in [-0.3, -0.25) is 14.6 Å². The minimum absolute atomic E-state index is 0.197. The van der Waals surface area contributed by atoms with Gasteiger partial charge in [0.05, 0.1) is 6.20 Å². The molecule has 0 unspecified atom stereocenters. The van der Waals surface area contributed by atoms with E-state index in [1.54, 1.807) is 21.9 Å². The Kier molecular flexibility index (Phi) is 5.72. The van der Waals surface area contributed by atoms with Crippen molar-refractivity contribution in [1.29, 1.82) is 0 Å². The molecule has 2 amide bonds. The van der Waals surface area contributed by atoms with E-state index in [2.05, 4.69) is 25.9 Å². The highest BCUT2D eigenvalue weighted by Crippen LogP contribution is 2.17. The first-order valence-electron chi connectivity index (χ1n) is 8.02. The SMILES string of the molecule is O=C(/C=C/c1cc(Br)ccc1F)N1CCN(C(=O)c2cnccn2)CC1. The Labute approximate surface area is 158 Å². The third-order valence-electron chi connectivity index (χ3n) is 4.02. The number of aromatic nitrogens is 2. The van der Waals surface area contributed by atoms with Crippen LogP contribution in [0.3, 0.4) is 0 Å². The predicted octanol–water partition coefficient (Wildman–Crippen LogP) is 2.38. The standard InChI is InChI=1S/C18H16BrFN4O2/c19-14-2-3-15(20)13(11-14)1-4-17(25)23-7-9-24(10-8-23)18(26)16-12-21-5-6-22-16/h1-6,11-12H,7-10H2/b4-1+. The Bertz CT molecular complexity index is 836. The largest absolute Gasteiger partial charge is 0.336 e. The number of benzene rings is 1. The van der Waals surface area contributed by atoms with Gasteiger partial charge in [-0.25, -0.2) is 9.37 Å². The first kappa shape index (κ1) is 18.2. The van der Waals surface area contributed by atoms with E-state index in [4.69, 9.17) is 0 Å². The van der Waals surface area contributed by atoms with Gasteiger partial charge in [-0.05, 0) is 24.3 Å². The van der Waals surface area contributed by atoms with E-state index >= 15 is 0 Å². The highest BCUT2D eigenvalue weighted by Gasteiger charge is 2.24. The topological polar surface area (TPSA) is 66.4 Å². The van der Waals surface area contributed by atoms with Crippen LogP contribution in [0, 0.1) is 5.82 Å². The second kappa shape index (κ2) is 8.18. The number of halogens is 2. The molecule has 1 saturated heterocycles. The molecule has 1 fully saturated rings. The maximum Gasteiger partial charge on any atom is 0.274 e. The lowest BCUT2D eigenvalue weighted by Gasteiger charge is -2.34. The number of carbonyl (C=O) groups excluding carboxylic acids is 2. The highest BCUT2D eigenvalue weighted by atomic mass is 79.9. The Balaban J connectivity index is 1.57. The molecule has 1 aliphatic heterocycles. The molecule has 2 heterocycles. The molecule has 0 saturated carbocycles. The van der Waals surface area contributed by atoms with Crippen molar-refractivity contribution in [3.8, 4) is 0 Å². The number of rotatable bonds is 3. The van der Waals surface area contributed by atoms with Gasteiger partial charge in [0.2, 0.25) is 5.91 Å². The summed E-state index contributed by atoms with van der Waals surface area (Å²) in [5, 5.41) is 0. The smallest absolute Gasteiger partial charge is 0.274 e. The number of hydrogen-bond donors (Lipinski definition) is 0. The number of carbonyl (C=O) groups is 2. The molecule has 0 N–H and O–H groups in total. The van der Waals surface area contributed by atoms with Crippen molar-refractivity contribution >= 4 is 33.8 Å². The third-order valence-corrected chi connectivity index (χ3v) is 4.52. The van der Waals surface area contributed by atoms with E-state index < -0.39 is 5.82 Å². The van der Waals surface area contributed by atoms with Crippen molar-refractivity contribution in [1.82, 2.24) is 19.8 Å². The normalized spacial score (nSPS) is 14.7. The van der Waals surface area contributed by atoms with Crippen molar-refractivity contribution < 1.29 is 14.0 Å². The van der Waals surface area contributed by atoms with Gasteiger partial charge >= 0.3 is 0 Å². The van der Waals surface area contributed by atoms with Crippen LogP contribution in [0.15, 0.2) is 47.3 Å². The Hall–Kier alpha value is -2.61. The van der Waals surface area contributed by atoms with Crippen molar-refractivity contribution in [3.63, 3.8) is 0 Å². The molecule has 1 aromatic heterocycles. The van der Waals surface area contributed by atoms with E-state index in [1.165, 1.54) is 36.8 Å². The summed E-state index contributed by atoms with van der Waals surface area (Å²) < 4.78 is 14.4. The van der Waals surface area contributed by atoms with Crippen LogP contribution in [0.2, 0.25) is 0 Å². The molecule has 0 bridgehead atoms. The first-order chi connectivity index (χ1) is 12.5. The van der Waals surface area contributed by atoms with Crippen LogP contribution in [0.1, 0.15) is 16.1 Å². The second-order valence-electron chi connectivity index (χ2n) is 5.71. The molecule has 0 radical (unpaired) electrons. The number of hydrogen-bond acceptors (Lipinski definition) is 4. The fourth-order valence-electron chi connectivity index (χ4n) is 2.61. The van der Waals surface area contributed by atoms with Gasteiger partial charge in [0, 0.05) is 54.7 Å². The molecule has 26 heavy (non-hydrogen) atoms. The fraction of sp³-hybridized carbons (Fsp3) is 0.222. The molecular formula is C18H16BrFN4O2. The van der Waals surface area contributed by atoms with Gasteiger partial charge in [-0.2, -0.15) is 0 Å². The van der Waals surface area contributed by atoms with Crippen molar-refractivity contribution in [3.05, 3.63) is 64.4 Å². The average Bonchev–Trinajstić information content (AvgIpc) is 2.68. The molecular weight excluding hydrogens is 403 g/mol. The molecule has 134 valence electrons. The lowest BCUT2D eigenvalue weighted by atomic mass is 10.2. The van der Waals surface area contributed by atoms with Gasteiger partial charge in [0.25, 0.3) is 5.91 Å². The van der Waals surface area contributed by atoms with Gasteiger partial charge in [-0.15, -0.1) is 0 Å². The summed E-state index contributed by atoms with van der Waals surface area (Å²) in [4.78, 5) is 35.8. The van der Waals surface area contributed by atoms with E-state index in [0.717, 1.165) is 4.47 Å². The molecule has 3 rings (SSSR count). The van der Waals surface area contributed by atoms with Crippen LogP contribution < -0.4 is 0 Å². The van der Waals surface area contributed by atoms with Crippen LogP contribution in [0.25, 0.3) is 6.08 Å². The van der Waals surface area contributed by atoms with Crippen molar-refractivity contribution in [2.24, 2.45) is 0 Å². The molecule has 8 heteroatoms. The Morgan fingerprint density at radius 1 is 1.12 bits per heavy atom. The van der Waals surface area contributed by atoms with E-state index in [-0.39, 0.29) is 17.5 Å². The Morgan fingerprint density at radius 3 is 2.54 bits per heavy atom. The summed E-state index contributed by atoms with van der Waals surface area (Å²) in [6.07, 6.45) is 7.21. The summed E-state index contributed by atoms with van der Waals surface area (Å²) in [5.41, 5.74) is 0.626. The molecule has 0 aliphatic carbocycles. The summed E-state index contributed by atoms with van der Waals surface area (Å²) in [5.74, 6) is -0.801. The third kappa shape index (κ3) is 4.32. The zero-order chi connectivity index (χ0) is 18.5. The second-order valence-corrected chi connectivity index (χ2v) is 6.62. The van der Waals surface area contributed by atoms with Crippen LogP contribution in [-0.2, 0) is 4.79 Å². The maximum atomic E-state index is 13.7. The first-order valence-corrected chi connectivity index (χ1v) is 8.81. The van der Waals surface area contributed by atoms with E-state index in [1.807, 2.05) is 0 Å². The van der Waals surface area contributed by atoms with Crippen molar-refractivity contribution in [2.45, 2.75) is 0 Å². The van der Waals surface area contributed by atoms with Crippen molar-refractivity contribution in [2.75, 3.05) is 26.2 Å². The molecule has 1 aromatic carbocycles. The summed E-state index contributed by atoms with van der Waals surface area (Å²) in [6.45, 7) is 1.66. The minimum atomic E-state index is -0.392. The lowest BCUT2D eigenvalue weighted by Crippen LogP contribution is -2.50. The van der Waals surface area contributed by atoms with E-state index in [0.29, 0.717) is 31.7 Å². The van der Waals surface area contributed by atoms with Crippen LogP contribution in [0.4, 0.5) is 4.39 Å². The van der Waals surface area contributed by atoms with Gasteiger partial charge < -0.3 is 9.80 Å². The number of piperazine rings is 1. The molecule has 1 aliphatic rings. The lowest BCUT2D eigenvalue weighted by molar-refractivity contribution is -0.127.